The molecule has 1 aromatic heterocycles. The second-order valence-electron chi connectivity index (χ2n) is 8.11. The van der Waals surface area contributed by atoms with Crippen LogP contribution in [0.5, 0.6) is 0 Å². The van der Waals surface area contributed by atoms with E-state index in [0.717, 1.165) is 42.4 Å². The van der Waals surface area contributed by atoms with Crippen LogP contribution in [0.15, 0.2) is 48.5 Å². The number of carbonyl (C=O) groups excluding carboxylic acids is 1. The van der Waals surface area contributed by atoms with Crippen molar-refractivity contribution in [3.05, 3.63) is 87.3 Å². The molecule has 6 heteroatoms. The topological polar surface area (TPSA) is 49.3 Å². The quantitative estimate of drug-likeness (QED) is 0.601. The van der Waals surface area contributed by atoms with Gasteiger partial charge in [-0.15, -0.1) is 0 Å². The van der Waals surface area contributed by atoms with Crippen molar-refractivity contribution in [1.82, 2.24) is 14.9 Å². The lowest BCUT2D eigenvalue weighted by atomic mass is 10.0. The van der Waals surface area contributed by atoms with E-state index in [1.165, 1.54) is 11.1 Å². The van der Waals surface area contributed by atoms with Crippen molar-refractivity contribution in [3.8, 4) is 0 Å². The Morgan fingerprint density at radius 2 is 1.68 bits per heavy atom. The number of rotatable bonds is 4. The van der Waals surface area contributed by atoms with Gasteiger partial charge >= 0.3 is 0 Å². The van der Waals surface area contributed by atoms with E-state index >= 15 is 0 Å². The van der Waals surface area contributed by atoms with Gasteiger partial charge in [0.1, 0.15) is 11.6 Å². The Kier molecular flexibility index (Phi) is 6.23. The SMILES string of the molecule is Cc1ccc(Cc2c(C)nc(C)nc2N2CCN(C(=O)c3cccc(Cl)c3)CC2)cc1. The molecule has 0 N–H and O–H groups in total. The van der Waals surface area contributed by atoms with Gasteiger partial charge in [0.05, 0.1) is 0 Å². The van der Waals surface area contributed by atoms with Crippen molar-refractivity contribution in [2.24, 2.45) is 0 Å². The third-order valence-corrected chi connectivity index (χ3v) is 5.98. The van der Waals surface area contributed by atoms with Gasteiger partial charge in [0, 0.05) is 54.4 Å². The van der Waals surface area contributed by atoms with Crippen LogP contribution in [0.3, 0.4) is 0 Å². The zero-order chi connectivity index (χ0) is 22.0. The van der Waals surface area contributed by atoms with Crippen LogP contribution in [-0.2, 0) is 6.42 Å². The maximum Gasteiger partial charge on any atom is 0.254 e. The molecule has 2 aromatic carbocycles. The molecular weight excluding hydrogens is 408 g/mol. The first kappa shape index (κ1) is 21.3. The molecule has 3 aromatic rings. The molecule has 4 rings (SSSR count). The number of nitrogens with zero attached hydrogens (tertiary/aromatic N) is 4. The Hall–Kier alpha value is -2.92. The Balaban J connectivity index is 1.52. The minimum Gasteiger partial charge on any atom is -0.353 e. The van der Waals surface area contributed by atoms with Gasteiger partial charge in [-0.2, -0.15) is 0 Å². The summed E-state index contributed by atoms with van der Waals surface area (Å²) in [5, 5.41) is 0.581. The number of halogens is 1. The van der Waals surface area contributed by atoms with Gasteiger partial charge in [-0.05, 0) is 44.5 Å². The summed E-state index contributed by atoms with van der Waals surface area (Å²) in [6.45, 7) is 8.87. The molecular formula is C25H27ClN4O. The molecule has 31 heavy (non-hydrogen) atoms. The smallest absolute Gasteiger partial charge is 0.254 e. The number of aromatic nitrogens is 2. The monoisotopic (exact) mass is 434 g/mol. The van der Waals surface area contributed by atoms with Gasteiger partial charge in [0.15, 0.2) is 0 Å². The van der Waals surface area contributed by atoms with Crippen molar-refractivity contribution >= 4 is 23.3 Å². The molecule has 0 saturated carbocycles. The van der Waals surface area contributed by atoms with Crippen LogP contribution in [0.2, 0.25) is 5.02 Å². The molecule has 2 heterocycles. The zero-order valence-corrected chi connectivity index (χ0v) is 19.0. The lowest BCUT2D eigenvalue weighted by Gasteiger charge is -2.36. The van der Waals surface area contributed by atoms with E-state index in [1.807, 2.05) is 24.0 Å². The van der Waals surface area contributed by atoms with E-state index < -0.39 is 0 Å². The van der Waals surface area contributed by atoms with E-state index in [9.17, 15) is 4.79 Å². The molecule has 1 saturated heterocycles. The highest BCUT2D eigenvalue weighted by molar-refractivity contribution is 6.30. The predicted octanol–water partition coefficient (Wildman–Crippen LogP) is 4.61. The Bertz CT molecular complexity index is 1090. The molecule has 0 aliphatic carbocycles. The normalized spacial score (nSPS) is 14.1. The van der Waals surface area contributed by atoms with Crippen molar-refractivity contribution in [1.29, 1.82) is 0 Å². The van der Waals surface area contributed by atoms with Gasteiger partial charge in [-0.1, -0.05) is 47.5 Å². The fourth-order valence-corrected chi connectivity index (χ4v) is 4.21. The van der Waals surface area contributed by atoms with Gasteiger partial charge in [0.2, 0.25) is 0 Å². The molecule has 0 unspecified atom stereocenters. The van der Waals surface area contributed by atoms with Crippen LogP contribution in [-0.4, -0.2) is 47.0 Å². The average Bonchev–Trinajstić information content (AvgIpc) is 2.76. The zero-order valence-electron chi connectivity index (χ0n) is 18.2. The standard InChI is InChI=1S/C25H27ClN4O/c1-17-7-9-20(10-8-17)15-23-18(2)27-19(3)28-24(23)29-11-13-30(14-12-29)25(31)21-5-4-6-22(26)16-21/h4-10,16H,11-15H2,1-3H3. The second-order valence-corrected chi connectivity index (χ2v) is 8.55. The van der Waals surface area contributed by atoms with Crippen LogP contribution < -0.4 is 4.90 Å². The number of aryl methyl sites for hydroxylation is 3. The Labute approximate surface area is 188 Å². The molecule has 1 amide bonds. The van der Waals surface area contributed by atoms with E-state index in [-0.39, 0.29) is 5.91 Å². The number of benzene rings is 2. The fourth-order valence-electron chi connectivity index (χ4n) is 4.02. The molecule has 5 nitrogen and oxygen atoms in total. The number of piperazine rings is 1. The highest BCUT2D eigenvalue weighted by atomic mass is 35.5. The van der Waals surface area contributed by atoms with Crippen LogP contribution in [0, 0.1) is 20.8 Å². The highest BCUT2D eigenvalue weighted by Gasteiger charge is 2.25. The van der Waals surface area contributed by atoms with Crippen LogP contribution in [0.4, 0.5) is 5.82 Å². The van der Waals surface area contributed by atoms with Gasteiger partial charge < -0.3 is 9.80 Å². The summed E-state index contributed by atoms with van der Waals surface area (Å²) in [5.74, 6) is 1.79. The van der Waals surface area contributed by atoms with E-state index in [4.69, 9.17) is 16.6 Å². The van der Waals surface area contributed by atoms with Crippen molar-refractivity contribution in [2.45, 2.75) is 27.2 Å². The predicted molar refractivity (Wildman–Crippen MR) is 125 cm³/mol. The third kappa shape index (κ3) is 4.88. The second kappa shape index (κ2) is 9.06. The molecule has 0 radical (unpaired) electrons. The minimum atomic E-state index is 0.0251. The number of hydrogen-bond donors (Lipinski definition) is 0. The first-order valence-corrected chi connectivity index (χ1v) is 11.0. The fraction of sp³-hybridized carbons (Fsp3) is 0.320. The Morgan fingerprint density at radius 1 is 0.968 bits per heavy atom. The summed E-state index contributed by atoms with van der Waals surface area (Å²) in [4.78, 5) is 26.5. The number of hydrogen-bond acceptors (Lipinski definition) is 4. The molecule has 0 spiro atoms. The maximum atomic E-state index is 12.9. The molecule has 1 fully saturated rings. The average molecular weight is 435 g/mol. The largest absolute Gasteiger partial charge is 0.353 e. The summed E-state index contributed by atoms with van der Waals surface area (Å²) in [6.07, 6.45) is 0.795. The van der Waals surface area contributed by atoms with E-state index in [0.29, 0.717) is 23.7 Å². The summed E-state index contributed by atoms with van der Waals surface area (Å²) >= 11 is 6.06. The molecule has 1 aliphatic heterocycles. The van der Waals surface area contributed by atoms with Crippen molar-refractivity contribution in [2.75, 3.05) is 31.1 Å². The molecule has 1 aliphatic rings. The lowest BCUT2D eigenvalue weighted by Crippen LogP contribution is -2.49. The molecule has 0 bridgehead atoms. The van der Waals surface area contributed by atoms with Gasteiger partial charge in [-0.3, -0.25) is 4.79 Å². The number of carbonyl (C=O) groups is 1. The lowest BCUT2D eigenvalue weighted by molar-refractivity contribution is 0.0746. The van der Waals surface area contributed by atoms with Crippen molar-refractivity contribution < 1.29 is 4.79 Å². The summed E-state index contributed by atoms with van der Waals surface area (Å²) in [7, 11) is 0. The number of amides is 1. The van der Waals surface area contributed by atoms with Crippen LogP contribution in [0.1, 0.15) is 38.6 Å². The first-order valence-electron chi connectivity index (χ1n) is 10.6. The minimum absolute atomic E-state index is 0.0251. The van der Waals surface area contributed by atoms with Crippen LogP contribution in [0.25, 0.3) is 0 Å². The van der Waals surface area contributed by atoms with Gasteiger partial charge in [-0.25, -0.2) is 9.97 Å². The summed E-state index contributed by atoms with van der Waals surface area (Å²) in [6, 6.07) is 15.8. The third-order valence-electron chi connectivity index (χ3n) is 5.74. The van der Waals surface area contributed by atoms with E-state index in [1.54, 1.807) is 12.1 Å². The van der Waals surface area contributed by atoms with Gasteiger partial charge in [0.25, 0.3) is 5.91 Å². The van der Waals surface area contributed by atoms with Crippen molar-refractivity contribution in [3.63, 3.8) is 0 Å². The van der Waals surface area contributed by atoms with Crippen LogP contribution >= 0.6 is 11.6 Å². The first-order chi connectivity index (χ1) is 14.9. The Morgan fingerprint density at radius 3 is 2.35 bits per heavy atom. The molecule has 0 atom stereocenters. The maximum absolute atomic E-state index is 12.9. The highest BCUT2D eigenvalue weighted by Crippen LogP contribution is 2.26. The summed E-state index contributed by atoms with van der Waals surface area (Å²) < 4.78 is 0. The van der Waals surface area contributed by atoms with E-state index in [2.05, 4.69) is 48.0 Å². The summed E-state index contributed by atoms with van der Waals surface area (Å²) in [5.41, 5.74) is 5.30. The number of anilines is 1. The molecule has 160 valence electrons.